The smallest absolute Gasteiger partial charge is 0.282 e. The van der Waals surface area contributed by atoms with E-state index in [1.807, 2.05) is 25.1 Å². The maximum Gasteiger partial charge on any atom is 0.282 e. The quantitative estimate of drug-likeness (QED) is 0.599. The van der Waals surface area contributed by atoms with Crippen molar-refractivity contribution in [1.29, 1.82) is 0 Å². The van der Waals surface area contributed by atoms with Gasteiger partial charge < -0.3 is 4.98 Å². The standard InChI is InChI=1S/C20H17ClN4O/c1-13-17(10-7-15-4-2-3-11-22-15)19-18(12-23-13)20(26)25(24-19)16-8-5-14(21)6-9-16/h2-6,8-9,11-12,23H,7,10H2,1H3. The Labute approximate surface area is 155 Å². The summed E-state index contributed by atoms with van der Waals surface area (Å²) in [6.07, 6.45) is 5.07. The van der Waals surface area contributed by atoms with Crippen LogP contribution in [0.25, 0.3) is 16.9 Å². The molecule has 3 heterocycles. The minimum absolute atomic E-state index is 0.141. The molecule has 5 nitrogen and oxygen atoms in total. The van der Waals surface area contributed by atoms with Crippen LogP contribution >= 0.6 is 11.6 Å². The molecule has 0 aliphatic carbocycles. The van der Waals surface area contributed by atoms with Gasteiger partial charge in [0.05, 0.1) is 11.3 Å². The number of aryl methyl sites for hydroxylation is 2. The molecule has 0 atom stereocenters. The van der Waals surface area contributed by atoms with Gasteiger partial charge in [-0.15, -0.1) is 0 Å². The van der Waals surface area contributed by atoms with Crippen LogP contribution in [0.5, 0.6) is 0 Å². The average molecular weight is 365 g/mol. The van der Waals surface area contributed by atoms with Crippen LogP contribution in [-0.2, 0) is 12.8 Å². The number of fused-ring (bicyclic) bond motifs is 1. The highest BCUT2D eigenvalue weighted by Gasteiger charge is 2.21. The molecule has 4 rings (SSSR count). The van der Waals surface area contributed by atoms with Gasteiger partial charge in [0.25, 0.3) is 5.56 Å². The van der Waals surface area contributed by atoms with E-state index in [0.29, 0.717) is 16.3 Å². The molecule has 130 valence electrons. The molecule has 2 aliphatic heterocycles. The molecule has 0 unspecified atom stereocenters. The Balaban J connectivity index is 1.76. The maximum absolute atomic E-state index is 12.8. The molecule has 26 heavy (non-hydrogen) atoms. The van der Waals surface area contributed by atoms with Crippen molar-refractivity contribution in [2.75, 3.05) is 0 Å². The Kier molecular flexibility index (Phi) is 4.31. The van der Waals surface area contributed by atoms with Crippen LogP contribution in [0.4, 0.5) is 0 Å². The van der Waals surface area contributed by atoms with Crippen LogP contribution in [0.1, 0.15) is 17.0 Å². The molecular formula is C20H17ClN4O. The van der Waals surface area contributed by atoms with Crippen LogP contribution in [0, 0.1) is 6.92 Å². The summed E-state index contributed by atoms with van der Waals surface area (Å²) in [5, 5.41) is 5.23. The summed E-state index contributed by atoms with van der Waals surface area (Å²) in [7, 11) is 0. The average Bonchev–Trinajstić information content (AvgIpc) is 2.99. The summed E-state index contributed by atoms with van der Waals surface area (Å²) < 4.78 is 1.43. The van der Waals surface area contributed by atoms with Crippen LogP contribution in [0.15, 0.2) is 59.7 Å². The van der Waals surface area contributed by atoms with Crippen LogP contribution < -0.4 is 5.56 Å². The predicted molar refractivity (Wildman–Crippen MR) is 102 cm³/mol. The number of nitrogens with one attached hydrogen (secondary N) is 1. The molecule has 2 aliphatic rings. The molecule has 2 aromatic rings. The van der Waals surface area contributed by atoms with Crippen molar-refractivity contribution in [2.45, 2.75) is 19.8 Å². The Morgan fingerprint density at radius 2 is 1.92 bits per heavy atom. The SMILES string of the molecule is Cc1[nH]cc2c(=O)n(-c3ccc(Cl)cc3)nc-2c1CCc1ccccn1. The lowest BCUT2D eigenvalue weighted by atomic mass is 10.0. The van der Waals surface area contributed by atoms with Gasteiger partial charge in [0.2, 0.25) is 0 Å². The van der Waals surface area contributed by atoms with Crippen LogP contribution in [0.3, 0.4) is 0 Å². The van der Waals surface area contributed by atoms with Gasteiger partial charge in [-0.1, -0.05) is 17.7 Å². The largest absolute Gasteiger partial charge is 0.364 e. The fourth-order valence-corrected chi connectivity index (χ4v) is 3.20. The number of hydrogen-bond acceptors (Lipinski definition) is 3. The van der Waals surface area contributed by atoms with E-state index >= 15 is 0 Å². The van der Waals surface area contributed by atoms with E-state index < -0.39 is 0 Å². The third kappa shape index (κ3) is 3.02. The predicted octanol–water partition coefficient (Wildman–Crippen LogP) is 3.81. The highest BCUT2D eigenvalue weighted by atomic mass is 35.5. The molecule has 0 amide bonds. The second-order valence-electron chi connectivity index (χ2n) is 6.17. The number of nitrogens with zero attached hydrogens (tertiary/aromatic N) is 3. The number of aromatic nitrogens is 4. The lowest BCUT2D eigenvalue weighted by Gasteiger charge is -2.09. The van der Waals surface area contributed by atoms with Gasteiger partial charge in [-0.25, -0.2) is 0 Å². The second-order valence-corrected chi connectivity index (χ2v) is 6.61. The Morgan fingerprint density at radius 1 is 1.12 bits per heavy atom. The van der Waals surface area contributed by atoms with Gasteiger partial charge in [-0.2, -0.15) is 9.78 Å². The number of benzene rings is 1. The number of aromatic amines is 1. The molecule has 0 fully saturated rings. The van der Waals surface area contributed by atoms with Crippen molar-refractivity contribution in [2.24, 2.45) is 0 Å². The van der Waals surface area contributed by atoms with E-state index in [9.17, 15) is 4.79 Å². The van der Waals surface area contributed by atoms with Gasteiger partial charge in [-0.05, 0) is 61.7 Å². The molecule has 1 aromatic heterocycles. The number of hydrogen-bond donors (Lipinski definition) is 1. The van der Waals surface area contributed by atoms with Crippen LogP contribution in [-0.4, -0.2) is 19.7 Å². The summed E-state index contributed by atoms with van der Waals surface area (Å²) in [5.41, 5.74) is 4.94. The molecule has 0 saturated heterocycles. The summed E-state index contributed by atoms with van der Waals surface area (Å²) in [6, 6.07) is 13.0. The minimum Gasteiger partial charge on any atom is -0.364 e. The molecule has 0 bridgehead atoms. The summed E-state index contributed by atoms with van der Waals surface area (Å²) in [5.74, 6) is 0. The maximum atomic E-state index is 12.8. The van der Waals surface area contributed by atoms with Crippen molar-refractivity contribution in [1.82, 2.24) is 19.7 Å². The highest BCUT2D eigenvalue weighted by molar-refractivity contribution is 6.30. The van der Waals surface area contributed by atoms with Gasteiger partial charge >= 0.3 is 0 Å². The zero-order valence-electron chi connectivity index (χ0n) is 14.2. The fourth-order valence-electron chi connectivity index (χ4n) is 3.08. The third-order valence-corrected chi connectivity index (χ3v) is 4.73. The zero-order chi connectivity index (χ0) is 18.1. The van der Waals surface area contributed by atoms with E-state index in [1.165, 1.54) is 4.68 Å². The first kappa shape index (κ1) is 16.5. The molecule has 1 N–H and O–H groups in total. The lowest BCUT2D eigenvalue weighted by Crippen LogP contribution is -2.14. The highest BCUT2D eigenvalue weighted by Crippen LogP contribution is 2.25. The Morgan fingerprint density at radius 3 is 2.65 bits per heavy atom. The molecular weight excluding hydrogens is 348 g/mol. The zero-order valence-corrected chi connectivity index (χ0v) is 15.0. The van der Waals surface area contributed by atoms with Gasteiger partial charge in [0.1, 0.15) is 5.69 Å². The number of halogens is 1. The topological polar surface area (TPSA) is 63.6 Å². The molecule has 1 aromatic carbocycles. The van der Waals surface area contributed by atoms with Gasteiger partial charge in [-0.3, -0.25) is 9.78 Å². The van der Waals surface area contributed by atoms with Crippen molar-refractivity contribution >= 4 is 11.6 Å². The fraction of sp³-hybridized carbons (Fsp3) is 0.150. The van der Waals surface area contributed by atoms with E-state index in [-0.39, 0.29) is 5.56 Å². The van der Waals surface area contributed by atoms with Crippen molar-refractivity contribution in [3.8, 4) is 16.9 Å². The first-order valence-electron chi connectivity index (χ1n) is 8.39. The number of pyridine rings is 2. The van der Waals surface area contributed by atoms with Gasteiger partial charge in [0, 0.05) is 28.8 Å². The summed E-state index contributed by atoms with van der Waals surface area (Å²) in [6.45, 7) is 2.00. The Hall–Kier alpha value is -2.92. The minimum atomic E-state index is -0.141. The normalized spacial score (nSPS) is 11.2. The van der Waals surface area contributed by atoms with Gasteiger partial charge in [0.15, 0.2) is 0 Å². The lowest BCUT2D eigenvalue weighted by molar-refractivity contribution is 0.843. The van der Waals surface area contributed by atoms with E-state index in [4.69, 9.17) is 11.6 Å². The molecule has 6 heteroatoms. The molecule has 0 saturated carbocycles. The van der Waals surface area contributed by atoms with Crippen molar-refractivity contribution in [3.05, 3.63) is 87.2 Å². The van der Waals surface area contributed by atoms with E-state index in [2.05, 4.69) is 15.1 Å². The Bertz CT molecular complexity index is 1070. The summed E-state index contributed by atoms with van der Waals surface area (Å²) in [4.78, 5) is 20.4. The van der Waals surface area contributed by atoms with E-state index in [1.54, 1.807) is 36.7 Å². The second kappa shape index (κ2) is 6.77. The monoisotopic (exact) mass is 364 g/mol. The van der Waals surface area contributed by atoms with Crippen LogP contribution in [0.2, 0.25) is 5.02 Å². The summed E-state index contributed by atoms with van der Waals surface area (Å²) >= 11 is 5.94. The number of rotatable bonds is 4. The first-order valence-corrected chi connectivity index (χ1v) is 8.77. The third-order valence-electron chi connectivity index (χ3n) is 4.48. The van der Waals surface area contributed by atoms with Crippen molar-refractivity contribution in [3.63, 3.8) is 0 Å². The first-order chi connectivity index (χ1) is 12.6. The molecule has 0 radical (unpaired) electrons. The number of H-pyrrole nitrogens is 1. The van der Waals surface area contributed by atoms with E-state index in [0.717, 1.165) is 35.5 Å². The van der Waals surface area contributed by atoms with Crippen molar-refractivity contribution < 1.29 is 0 Å². The molecule has 0 spiro atoms.